The van der Waals surface area contributed by atoms with Gasteiger partial charge in [0.05, 0.1) is 10.8 Å². The second-order valence-electron chi connectivity index (χ2n) is 3.48. The molecule has 5 nitrogen and oxygen atoms in total. The number of nitrogens with zero attached hydrogens (tertiary/aromatic N) is 1. The van der Waals surface area contributed by atoms with Crippen molar-refractivity contribution in [2.75, 3.05) is 6.54 Å². The normalized spacial score (nSPS) is 18.8. The Kier molecular flexibility index (Phi) is 3.84. The van der Waals surface area contributed by atoms with Gasteiger partial charge < -0.3 is 5.32 Å². The Morgan fingerprint density at radius 1 is 1.31 bits per heavy atom. The lowest BCUT2D eigenvalue weighted by atomic mass is 9.98. The number of non-ortho nitro benzene ring substituents is 1. The molecule has 0 spiro atoms. The highest BCUT2D eigenvalue weighted by atomic mass is 35.5. The number of nitro groups is 1. The van der Waals surface area contributed by atoms with E-state index in [1.54, 1.807) is 12.1 Å². The Morgan fingerprint density at radius 3 is 2.38 bits per heavy atom. The first-order chi connectivity index (χ1) is 7.18. The maximum absolute atomic E-state index is 11.3. The summed E-state index contributed by atoms with van der Waals surface area (Å²) >= 11 is 0. The summed E-state index contributed by atoms with van der Waals surface area (Å²) in [6.45, 7) is 0.681. The zero-order chi connectivity index (χ0) is 10.8. The summed E-state index contributed by atoms with van der Waals surface area (Å²) in [4.78, 5) is 21.3. The molecule has 1 amide bonds. The highest BCUT2D eigenvalue weighted by molar-refractivity contribution is 5.85. The molecule has 1 aromatic rings. The van der Waals surface area contributed by atoms with E-state index < -0.39 is 4.92 Å². The van der Waals surface area contributed by atoms with Crippen LogP contribution in [0.5, 0.6) is 0 Å². The van der Waals surface area contributed by atoms with Gasteiger partial charge in [-0.15, -0.1) is 12.4 Å². The van der Waals surface area contributed by atoms with E-state index in [-0.39, 0.29) is 29.9 Å². The molecule has 1 aromatic carbocycles. The van der Waals surface area contributed by atoms with Crippen LogP contribution >= 0.6 is 12.4 Å². The molecule has 1 atom stereocenters. The van der Waals surface area contributed by atoms with E-state index >= 15 is 0 Å². The molecule has 1 saturated heterocycles. The molecule has 1 fully saturated rings. The lowest BCUT2D eigenvalue weighted by Gasteiger charge is -2.05. The van der Waals surface area contributed by atoms with E-state index in [9.17, 15) is 14.9 Å². The maximum atomic E-state index is 11.3. The van der Waals surface area contributed by atoms with Gasteiger partial charge in [-0.2, -0.15) is 0 Å². The van der Waals surface area contributed by atoms with Crippen LogP contribution in [0.1, 0.15) is 17.9 Å². The molecule has 0 bridgehead atoms. The first kappa shape index (κ1) is 12.4. The summed E-state index contributed by atoms with van der Waals surface area (Å²) in [6, 6.07) is 6.16. The smallest absolute Gasteiger partial charge is 0.269 e. The van der Waals surface area contributed by atoms with Crippen LogP contribution < -0.4 is 5.32 Å². The van der Waals surface area contributed by atoms with Crippen LogP contribution in [0.2, 0.25) is 0 Å². The summed E-state index contributed by atoms with van der Waals surface area (Å²) in [5.41, 5.74) is 0.896. The van der Waals surface area contributed by atoms with Crippen molar-refractivity contribution >= 4 is 24.0 Å². The van der Waals surface area contributed by atoms with E-state index in [2.05, 4.69) is 5.32 Å². The molecular formula is C10H11ClN2O3. The molecule has 0 aliphatic carbocycles. The highest BCUT2D eigenvalue weighted by Gasteiger charge is 2.25. The zero-order valence-electron chi connectivity index (χ0n) is 8.38. The predicted molar refractivity (Wildman–Crippen MR) is 60.7 cm³/mol. The van der Waals surface area contributed by atoms with Gasteiger partial charge in [0, 0.05) is 18.7 Å². The van der Waals surface area contributed by atoms with Crippen molar-refractivity contribution in [3.63, 3.8) is 0 Å². The number of halogens is 1. The monoisotopic (exact) mass is 242 g/mol. The quantitative estimate of drug-likeness (QED) is 0.633. The number of hydrogen-bond donors (Lipinski definition) is 1. The number of nitrogens with one attached hydrogen (secondary N) is 1. The maximum Gasteiger partial charge on any atom is 0.269 e. The Hall–Kier alpha value is -1.62. The minimum atomic E-state index is -0.446. The molecule has 1 N–H and O–H groups in total. The molecule has 0 saturated carbocycles. The van der Waals surface area contributed by atoms with Crippen LogP contribution in [0, 0.1) is 10.1 Å². The van der Waals surface area contributed by atoms with Gasteiger partial charge in [-0.25, -0.2) is 0 Å². The van der Waals surface area contributed by atoms with Crippen LogP contribution in [-0.2, 0) is 4.79 Å². The van der Waals surface area contributed by atoms with E-state index in [0.29, 0.717) is 6.54 Å². The lowest BCUT2D eigenvalue weighted by molar-refractivity contribution is -0.384. The summed E-state index contributed by atoms with van der Waals surface area (Å²) in [5, 5.41) is 13.2. The van der Waals surface area contributed by atoms with Crippen molar-refractivity contribution in [3.05, 3.63) is 39.9 Å². The number of benzene rings is 1. The molecule has 16 heavy (non-hydrogen) atoms. The molecule has 0 radical (unpaired) electrons. The third-order valence-corrected chi connectivity index (χ3v) is 2.56. The van der Waals surface area contributed by atoms with Crippen LogP contribution in [-0.4, -0.2) is 17.4 Å². The summed E-state index contributed by atoms with van der Waals surface area (Å²) in [5.74, 6) is -0.144. The molecule has 2 rings (SSSR count). The van der Waals surface area contributed by atoms with E-state index in [0.717, 1.165) is 12.0 Å². The number of carbonyl (C=O) groups is 1. The molecule has 1 aliphatic rings. The largest absolute Gasteiger partial charge is 0.356 e. The Morgan fingerprint density at radius 2 is 1.94 bits per heavy atom. The topological polar surface area (TPSA) is 72.2 Å². The molecule has 0 aromatic heterocycles. The summed E-state index contributed by atoms with van der Waals surface area (Å²) in [7, 11) is 0. The van der Waals surface area contributed by atoms with Gasteiger partial charge in [-0.1, -0.05) is 12.1 Å². The highest BCUT2D eigenvalue weighted by Crippen LogP contribution is 2.25. The van der Waals surface area contributed by atoms with Crippen molar-refractivity contribution < 1.29 is 9.72 Å². The van der Waals surface area contributed by atoms with Crippen molar-refractivity contribution in [1.29, 1.82) is 0 Å². The van der Waals surface area contributed by atoms with Crippen molar-refractivity contribution in [3.8, 4) is 0 Å². The van der Waals surface area contributed by atoms with E-state index in [1.165, 1.54) is 12.1 Å². The Balaban J connectivity index is 0.00000128. The van der Waals surface area contributed by atoms with Crippen molar-refractivity contribution in [2.45, 2.75) is 12.3 Å². The number of hydrogen-bond acceptors (Lipinski definition) is 3. The molecule has 1 heterocycles. The minimum Gasteiger partial charge on any atom is -0.356 e. The Labute approximate surface area is 98.4 Å². The number of amides is 1. The third kappa shape index (κ3) is 2.30. The van der Waals surface area contributed by atoms with Gasteiger partial charge in [0.2, 0.25) is 5.91 Å². The first-order valence-electron chi connectivity index (χ1n) is 4.70. The van der Waals surface area contributed by atoms with Gasteiger partial charge in [-0.05, 0) is 12.0 Å². The van der Waals surface area contributed by atoms with E-state index in [4.69, 9.17) is 0 Å². The van der Waals surface area contributed by atoms with Crippen LogP contribution in [0.3, 0.4) is 0 Å². The van der Waals surface area contributed by atoms with Gasteiger partial charge in [0.25, 0.3) is 5.69 Å². The van der Waals surface area contributed by atoms with Crippen LogP contribution in [0.4, 0.5) is 5.69 Å². The average molecular weight is 243 g/mol. The van der Waals surface area contributed by atoms with Gasteiger partial charge >= 0.3 is 0 Å². The fourth-order valence-electron chi connectivity index (χ4n) is 1.74. The Bertz CT molecular complexity index is 405. The fourth-order valence-corrected chi connectivity index (χ4v) is 1.74. The average Bonchev–Trinajstić information content (AvgIpc) is 2.65. The molecule has 1 unspecified atom stereocenters. The predicted octanol–water partition coefficient (Wildman–Crippen LogP) is 1.62. The van der Waals surface area contributed by atoms with Crippen molar-refractivity contribution in [2.24, 2.45) is 0 Å². The number of rotatable bonds is 2. The standard InChI is InChI=1S/C10H10N2O3.ClH/c13-10-9(5-6-11-10)7-1-3-8(4-2-7)12(14)15;/h1-4,9H,5-6H2,(H,11,13);1H. The molecule has 6 heteroatoms. The summed E-state index contributed by atoms with van der Waals surface area (Å²) < 4.78 is 0. The van der Waals surface area contributed by atoms with E-state index in [1.807, 2.05) is 0 Å². The van der Waals surface area contributed by atoms with Gasteiger partial charge in [-0.3, -0.25) is 14.9 Å². The van der Waals surface area contributed by atoms with Gasteiger partial charge in [0.1, 0.15) is 0 Å². The number of nitro benzene ring substituents is 1. The molecule has 86 valence electrons. The second-order valence-corrected chi connectivity index (χ2v) is 3.48. The minimum absolute atomic E-state index is 0. The van der Waals surface area contributed by atoms with Crippen LogP contribution in [0.15, 0.2) is 24.3 Å². The molecule has 1 aliphatic heterocycles. The van der Waals surface area contributed by atoms with Crippen molar-refractivity contribution in [1.82, 2.24) is 5.32 Å². The fraction of sp³-hybridized carbons (Fsp3) is 0.300. The van der Waals surface area contributed by atoms with Crippen LogP contribution in [0.25, 0.3) is 0 Å². The SMILES string of the molecule is Cl.O=C1NCCC1c1ccc([N+](=O)[O-])cc1. The van der Waals surface area contributed by atoms with Gasteiger partial charge in [0.15, 0.2) is 0 Å². The number of carbonyl (C=O) groups excluding carboxylic acids is 1. The molecular weight excluding hydrogens is 232 g/mol. The second kappa shape index (κ2) is 4.94. The third-order valence-electron chi connectivity index (χ3n) is 2.56. The first-order valence-corrected chi connectivity index (χ1v) is 4.70. The lowest BCUT2D eigenvalue weighted by Crippen LogP contribution is -2.17. The summed E-state index contributed by atoms with van der Waals surface area (Å²) in [6.07, 6.45) is 0.761. The zero-order valence-corrected chi connectivity index (χ0v) is 9.20.